The van der Waals surface area contributed by atoms with Crippen LogP contribution in [0.5, 0.6) is 0 Å². The van der Waals surface area contributed by atoms with E-state index in [-0.39, 0.29) is 17.6 Å². The summed E-state index contributed by atoms with van der Waals surface area (Å²) in [7, 11) is -3.42. The number of aromatic nitrogens is 1. The zero-order chi connectivity index (χ0) is 12.3. The molecule has 5 nitrogen and oxygen atoms in total. The van der Waals surface area contributed by atoms with Crippen LogP contribution in [-0.2, 0) is 10.0 Å². The summed E-state index contributed by atoms with van der Waals surface area (Å²) in [6.07, 6.45) is 0. The molecule has 0 aliphatic heterocycles. The lowest BCUT2D eigenvalue weighted by atomic mass is 10.3. The molecule has 0 saturated carbocycles. The number of halogens is 1. The molecule has 1 aromatic rings. The maximum atomic E-state index is 11.7. The molecular formula is C9H15ClN2O3S. The van der Waals surface area contributed by atoms with Crippen LogP contribution in [0.3, 0.4) is 0 Å². The summed E-state index contributed by atoms with van der Waals surface area (Å²) < 4.78 is 30.6. The molecule has 16 heavy (non-hydrogen) atoms. The number of rotatable bonds is 5. The van der Waals surface area contributed by atoms with Gasteiger partial charge < -0.3 is 4.52 Å². The van der Waals surface area contributed by atoms with Gasteiger partial charge in [0, 0.05) is 11.4 Å². The van der Waals surface area contributed by atoms with Crippen LogP contribution in [0.2, 0.25) is 0 Å². The fraction of sp³-hybridized carbons (Fsp3) is 0.667. The van der Waals surface area contributed by atoms with E-state index in [1.807, 2.05) is 0 Å². The second-order valence-electron chi connectivity index (χ2n) is 3.87. The molecule has 0 amide bonds. The van der Waals surface area contributed by atoms with E-state index in [0.717, 1.165) is 0 Å². The number of sulfonamides is 1. The van der Waals surface area contributed by atoms with Crippen molar-refractivity contribution in [1.82, 2.24) is 5.16 Å². The van der Waals surface area contributed by atoms with Gasteiger partial charge in [0.05, 0.1) is 11.4 Å². The Kier molecular flexibility index (Phi) is 4.21. The summed E-state index contributed by atoms with van der Waals surface area (Å²) >= 11 is 5.57. The highest BCUT2D eigenvalue weighted by Gasteiger charge is 2.19. The van der Waals surface area contributed by atoms with Crippen LogP contribution in [0.1, 0.15) is 18.2 Å². The van der Waals surface area contributed by atoms with Gasteiger partial charge in [0.25, 0.3) is 0 Å². The van der Waals surface area contributed by atoms with Gasteiger partial charge in [-0.05, 0) is 19.8 Å². The van der Waals surface area contributed by atoms with Gasteiger partial charge in [-0.3, -0.25) is 4.72 Å². The quantitative estimate of drug-likeness (QED) is 0.827. The van der Waals surface area contributed by atoms with E-state index in [9.17, 15) is 8.42 Å². The zero-order valence-corrected chi connectivity index (χ0v) is 11.0. The van der Waals surface area contributed by atoms with Crippen molar-refractivity contribution in [3.63, 3.8) is 0 Å². The molecule has 0 fully saturated rings. The van der Waals surface area contributed by atoms with E-state index < -0.39 is 10.0 Å². The fourth-order valence-electron chi connectivity index (χ4n) is 1.11. The van der Waals surface area contributed by atoms with E-state index in [1.54, 1.807) is 20.8 Å². The highest BCUT2D eigenvalue weighted by molar-refractivity contribution is 7.92. The smallest absolute Gasteiger partial charge is 0.241 e. The first-order valence-electron chi connectivity index (χ1n) is 4.85. The van der Waals surface area contributed by atoms with Crippen molar-refractivity contribution in [2.75, 3.05) is 16.4 Å². The molecule has 0 saturated heterocycles. The average molecular weight is 267 g/mol. The Morgan fingerprint density at radius 3 is 2.56 bits per heavy atom. The minimum Gasteiger partial charge on any atom is -0.337 e. The normalized spacial score (nSPS) is 13.8. The Morgan fingerprint density at radius 1 is 1.50 bits per heavy atom. The second kappa shape index (κ2) is 5.05. The lowest BCUT2D eigenvalue weighted by Gasteiger charge is -2.09. The van der Waals surface area contributed by atoms with Gasteiger partial charge in [-0.2, -0.15) is 0 Å². The van der Waals surface area contributed by atoms with E-state index in [2.05, 4.69) is 9.88 Å². The molecule has 1 heterocycles. The van der Waals surface area contributed by atoms with E-state index in [4.69, 9.17) is 16.1 Å². The first-order valence-corrected chi connectivity index (χ1v) is 7.03. The Labute approximate surface area is 100 Å². The van der Waals surface area contributed by atoms with Crippen LogP contribution >= 0.6 is 11.6 Å². The van der Waals surface area contributed by atoms with Crippen LogP contribution in [-0.4, -0.2) is 25.2 Å². The SMILES string of the molecule is Cc1noc(NS(=O)(=O)CC(C)CCl)c1C. The van der Waals surface area contributed by atoms with Crippen molar-refractivity contribution in [1.29, 1.82) is 0 Å². The molecule has 0 aliphatic carbocycles. The summed E-state index contributed by atoms with van der Waals surface area (Å²) in [6, 6.07) is 0. The summed E-state index contributed by atoms with van der Waals surface area (Å²) in [5, 5.41) is 3.67. The molecule has 1 atom stereocenters. The van der Waals surface area contributed by atoms with Crippen molar-refractivity contribution in [2.24, 2.45) is 5.92 Å². The molecule has 0 aromatic carbocycles. The number of alkyl halides is 1. The molecule has 1 N–H and O–H groups in total. The highest BCUT2D eigenvalue weighted by atomic mass is 35.5. The topological polar surface area (TPSA) is 72.2 Å². The van der Waals surface area contributed by atoms with Gasteiger partial charge >= 0.3 is 0 Å². The number of nitrogens with one attached hydrogen (secondary N) is 1. The van der Waals surface area contributed by atoms with Gasteiger partial charge in [-0.25, -0.2) is 8.42 Å². The molecule has 7 heteroatoms. The maximum Gasteiger partial charge on any atom is 0.241 e. The lowest BCUT2D eigenvalue weighted by molar-refractivity contribution is 0.430. The number of hydrogen-bond donors (Lipinski definition) is 1. The monoisotopic (exact) mass is 266 g/mol. The van der Waals surface area contributed by atoms with Gasteiger partial charge in [-0.1, -0.05) is 12.1 Å². The van der Waals surface area contributed by atoms with E-state index in [1.165, 1.54) is 0 Å². The first-order chi connectivity index (χ1) is 7.35. The van der Waals surface area contributed by atoms with Gasteiger partial charge in [0.1, 0.15) is 0 Å². The van der Waals surface area contributed by atoms with Crippen molar-refractivity contribution < 1.29 is 12.9 Å². The van der Waals surface area contributed by atoms with Crippen LogP contribution in [0.15, 0.2) is 4.52 Å². The predicted octanol–water partition coefficient (Wildman–Crippen LogP) is 1.91. The Morgan fingerprint density at radius 2 is 2.12 bits per heavy atom. The standard InChI is InChI=1S/C9H15ClN2O3S/c1-6(4-10)5-16(13,14)12-9-7(2)8(3)11-15-9/h6,12H,4-5H2,1-3H3. The molecule has 0 aliphatic rings. The van der Waals surface area contributed by atoms with Crippen molar-refractivity contribution in [3.8, 4) is 0 Å². The van der Waals surface area contributed by atoms with Crippen molar-refractivity contribution in [2.45, 2.75) is 20.8 Å². The lowest BCUT2D eigenvalue weighted by Crippen LogP contribution is -2.22. The molecular weight excluding hydrogens is 252 g/mol. The second-order valence-corrected chi connectivity index (χ2v) is 5.94. The average Bonchev–Trinajstić information content (AvgIpc) is 2.48. The molecule has 1 rings (SSSR count). The number of anilines is 1. The molecule has 1 unspecified atom stereocenters. The molecule has 0 bridgehead atoms. The Bertz CT molecular complexity index is 455. The largest absolute Gasteiger partial charge is 0.337 e. The van der Waals surface area contributed by atoms with Crippen LogP contribution in [0.4, 0.5) is 5.88 Å². The summed E-state index contributed by atoms with van der Waals surface area (Å²) in [4.78, 5) is 0. The molecule has 92 valence electrons. The number of nitrogens with zero attached hydrogens (tertiary/aromatic N) is 1. The summed E-state index contributed by atoms with van der Waals surface area (Å²) in [5.41, 5.74) is 1.37. The molecule has 0 radical (unpaired) electrons. The zero-order valence-electron chi connectivity index (χ0n) is 9.45. The van der Waals surface area contributed by atoms with Crippen molar-refractivity contribution in [3.05, 3.63) is 11.3 Å². The maximum absolute atomic E-state index is 11.7. The third kappa shape index (κ3) is 3.38. The molecule has 1 aromatic heterocycles. The van der Waals surface area contributed by atoms with E-state index >= 15 is 0 Å². The summed E-state index contributed by atoms with van der Waals surface area (Å²) in [6.45, 7) is 5.26. The Hall–Kier alpha value is -0.750. The molecule has 0 spiro atoms. The number of aryl methyl sites for hydroxylation is 1. The van der Waals surface area contributed by atoms with Crippen molar-refractivity contribution >= 4 is 27.5 Å². The van der Waals surface area contributed by atoms with Crippen LogP contribution in [0, 0.1) is 19.8 Å². The highest BCUT2D eigenvalue weighted by Crippen LogP contribution is 2.19. The first kappa shape index (κ1) is 13.3. The van der Waals surface area contributed by atoms with Gasteiger partial charge in [0.2, 0.25) is 15.9 Å². The third-order valence-corrected chi connectivity index (χ3v) is 4.20. The van der Waals surface area contributed by atoms with Crippen LogP contribution in [0.25, 0.3) is 0 Å². The van der Waals surface area contributed by atoms with Crippen LogP contribution < -0.4 is 4.72 Å². The van der Waals surface area contributed by atoms with Gasteiger partial charge in [0.15, 0.2) is 0 Å². The Balaban J connectivity index is 2.77. The summed E-state index contributed by atoms with van der Waals surface area (Å²) in [5.74, 6) is 0.341. The van der Waals surface area contributed by atoms with E-state index in [0.29, 0.717) is 17.1 Å². The third-order valence-electron chi connectivity index (χ3n) is 2.17. The minimum absolute atomic E-state index is 0.0321. The van der Waals surface area contributed by atoms with Gasteiger partial charge in [-0.15, -0.1) is 11.6 Å². The number of hydrogen-bond acceptors (Lipinski definition) is 4. The minimum atomic E-state index is -3.42. The fourth-order valence-corrected chi connectivity index (χ4v) is 2.77. The predicted molar refractivity (Wildman–Crippen MR) is 63.3 cm³/mol.